The Labute approximate surface area is 182 Å². The third-order valence-corrected chi connectivity index (χ3v) is 6.07. The summed E-state index contributed by atoms with van der Waals surface area (Å²) in [5, 5.41) is 3.18. The molecule has 0 aromatic heterocycles. The lowest BCUT2D eigenvalue weighted by atomic mass is 10.0. The molecule has 4 unspecified atom stereocenters. The molecule has 2 aliphatic rings. The van der Waals surface area contributed by atoms with Gasteiger partial charge in [-0.2, -0.15) is 0 Å². The maximum absolute atomic E-state index is 13.2. The van der Waals surface area contributed by atoms with Crippen LogP contribution in [0.4, 0.5) is 0 Å². The molecule has 0 radical (unpaired) electrons. The SMILES string of the molecule is CCCC1NCCN(C(C)C(=O)N2CCN(C(CCC(N)=O)C(N)=O)C(=O)C2C)C1=O. The van der Waals surface area contributed by atoms with Gasteiger partial charge in [-0.3, -0.25) is 24.0 Å². The van der Waals surface area contributed by atoms with E-state index in [4.69, 9.17) is 11.5 Å². The summed E-state index contributed by atoms with van der Waals surface area (Å²) in [5.41, 5.74) is 10.6. The molecule has 2 heterocycles. The molecular weight excluding hydrogens is 404 g/mol. The van der Waals surface area contributed by atoms with Crippen LogP contribution in [0.5, 0.6) is 0 Å². The van der Waals surface area contributed by atoms with Crippen LogP contribution in [0.3, 0.4) is 0 Å². The van der Waals surface area contributed by atoms with Gasteiger partial charge in [0.1, 0.15) is 18.1 Å². The van der Waals surface area contributed by atoms with Gasteiger partial charge < -0.3 is 31.5 Å². The van der Waals surface area contributed by atoms with Crippen molar-refractivity contribution in [1.29, 1.82) is 0 Å². The van der Waals surface area contributed by atoms with Crippen molar-refractivity contribution in [3.05, 3.63) is 0 Å². The lowest BCUT2D eigenvalue weighted by Gasteiger charge is -2.44. The highest BCUT2D eigenvalue weighted by Gasteiger charge is 2.42. The number of piperazine rings is 2. The fraction of sp³-hybridized carbons (Fsp3) is 0.750. The number of nitrogens with two attached hydrogens (primary N) is 2. The second-order valence-electron chi connectivity index (χ2n) is 8.17. The summed E-state index contributed by atoms with van der Waals surface area (Å²) < 4.78 is 0. The normalized spacial score (nSPS) is 24.2. The number of nitrogens with one attached hydrogen (secondary N) is 1. The standard InChI is InChI=1S/C20H34N6O5/c1-4-5-14-20(31)24(9-8-23-14)12(2)18(29)25-10-11-26(19(30)13(25)3)15(17(22)28)6-7-16(21)27/h12-15,23H,4-11H2,1-3H3,(H2,21,27)(H2,22,28). The molecule has 4 atom stereocenters. The Morgan fingerprint density at radius 2 is 1.77 bits per heavy atom. The van der Waals surface area contributed by atoms with Crippen molar-refractivity contribution < 1.29 is 24.0 Å². The molecule has 2 rings (SSSR count). The zero-order valence-electron chi connectivity index (χ0n) is 18.5. The van der Waals surface area contributed by atoms with Crippen LogP contribution in [0.15, 0.2) is 0 Å². The number of hydrogen-bond acceptors (Lipinski definition) is 6. The zero-order valence-corrected chi connectivity index (χ0v) is 18.5. The Morgan fingerprint density at radius 1 is 1.10 bits per heavy atom. The van der Waals surface area contributed by atoms with Crippen LogP contribution in [-0.2, 0) is 24.0 Å². The van der Waals surface area contributed by atoms with Crippen LogP contribution in [-0.4, -0.2) is 94.6 Å². The highest BCUT2D eigenvalue weighted by molar-refractivity contribution is 5.95. The molecule has 2 saturated heterocycles. The molecular formula is C20H34N6O5. The Morgan fingerprint density at radius 3 is 2.35 bits per heavy atom. The van der Waals surface area contributed by atoms with Crippen LogP contribution in [0, 0.1) is 0 Å². The third kappa shape index (κ3) is 5.52. The van der Waals surface area contributed by atoms with E-state index in [0.29, 0.717) is 19.5 Å². The Hall–Kier alpha value is -2.69. The average molecular weight is 439 g/mol. The molecule has 11 nitrogen and oxygen atoms in total. The van der Waals surface area contributed by atoms with Gasteiger partial charge in [0.15, 0.2) is 0 Å². The number of carbonyl (C=O) groups excluding carboxylic acids is 5. The van der Waals surface area contributed by atoms with Gasteiger partial charge >= 0.3 is 0 Å². The van der Waals surface area contributed by atoms with Gasteiger partial charge in [0.2, 0.25) is 29.5 Å². The molecule has 0 aromatic carbocycles. The topological polar surface area (TPSA) is 159 Å². The number of carbonyl (C=O) groups is 5. The van der Waals surface area contributed by atoms with E-state index in [9.17, 15) is 24.0 Å². The maximum atomic E-state index is 13.2. The molecule has 2 fully saturated rings. The molecule has 0 saturated carbocycles. The van der Waals surface area contributed by atoms with Gasteiger partial charge in [-0.15, -0.1) is 0 Å². The summed E-state index contributed by atoms with van der Waals surface area (Å²) in [6.45, 7) is 6.61. The van der Waals surface area contributed by atoms with Crippen molar-refractivity contribution in [3.8, 4) is 0 Å². The summed E-state index contributed by atoms with van der Waals surface area (Å²) in [5.74, 6) is -2.14. The minimum Gasteiger partial charge on any atom is -0.370 e. The van der Waals surface area contributed by atoms with E-state index in [2.05, 4.69) is 5.32 Å². The predicted octanol–water partition coefficient (Wildman–Crippen LogP) is -1.85. The summed E-state index contributed by atoms with van der Waals surface area (Å²) >= 11 is 0. The molecule has 2 aliphatic heterocycles. The largest absolute Gasteiger partial charge is 0.370 e. The van der Waals surface area contributed by atoms with Gasteiger partial charge in [0, 0.05) is 32.6 Å². The van der Waals surface area contributed by atoms with Crippen molar-refractivity contribution in [1.82, 2.24) is 20.0 Å². The van der Waals surface area contributed by atoms with E-state index in [1.165, 1.54) is 9.80 Å². The summed E-state index contributed by atoms with van der Waals surface area (Å²) in [6, 6.07) is -2.77. The monoisotopic (exact) mass is 438 g/mol. The lowest BCUT2D eigenvalue weighted by molar-refractivity contribution is -0.159. The first-order valence-corrected chi connectivity index (χ1v) is 10.8. The van der Waals surface area contributed by atoms with Gasteiger partial charge in [-0.25, -0.2) is 0 Å². The fourth-order valence-electron chi connectivity index (χ4n) is 4.26. The van der Waals surface area contributed by atoms with Crippen LogP contribution in [0.2, 0.25) is 0 Å². The summed E-state index contributed by atoms with van der Waals surface area (Å²) in [6.07, 6.45) is 1.52. The Kier molecular flexibility index (Phi) is 8.37. The van der Waals surface area contributed by atoms with E-state index >= 15 is 0 Å². The lowest BCUT2D eigenvalue weighted by Crippen LogP contribution is -2.66. The van der Waals surface area contributed by atoms with Crippen LogP contribution < -0.4 is 16.8 Å². The van der Waals surface area contributed by atoms with Gasteiger partial charge in [0.25, 0.3) is 0 Å². The average Bonchev–Trinajstić information content (AvgIpc) is 2.71. The smallest absolute Gasteiger partial charge is 0.245 e. The van der Waals surface area contributed by atoms with E-state index < -0.39 is 35.8 Å². The maximum Gasteiger partial charge on any atom is 0.245 e. The van der Waals surface area contributed by atoms with E-state index in [0.717, 1.165) is 6.42 Å². The predicted molar refractivity (Wildman–Crippen MR) is 112 cm³/mol. The van der Waals surface area contributed by atoms with Crippen molar-refractivity contribution in [2.45, 2.75) is 70.6 Å². The highest BCUT2D eigenvalue weighted by Crippen LogP contribution is 2.20. The second-order valence-corrected chi connectivity index (χ2v) is 8.17. The second kappa shape index (κ2) is 10.6. The van der Waals surface area contributed by atoms with Crippen LogP contribution >= 0.6 is 0 Å². The number of rotatable bonds is 9. The molecule has 174 valence electrons. The minimum absolute atomic E-state index is 0.0432. The molecule has 11 heteroatoms. The molecule has 0 aromatic rings. The zero-order chi connectivity index (χ0) is 23.3. The summed E-state index contributed by atoms with van der Waals surface area (Å²) in [4.78, 5) is 66.2. The first-order chi connectivity index (χ1) is 14.6. The van der Waals surface area contributed by atoms with Crippen molar-refractivity contribution >= 4 is 29.5 Å². The number of primary amides is 2. The van der Waals surface area contributed by atoms with Crippen molar-refractivity contribution in [3.63, 3.8) is 0 Å². The minimum atomic E-state index is -0.957. The quantitative estimate of drug-likeness (QED) is 0.383. The van der Waals surface area contributed by atoms with Crippen LogP contribution in [0.25, 0.3) is 0 Å². The molecule has 0 spiro atoms. The van der Waals surface area contributed by atoms with E-state index in [1.807, 2.05) is 6.92 Å². The number of hydrogen-bond donors (Lipinski definition) is 3. The fourth-order valence-corrected chi connectivity index (χ4v) is 4.26. The van der Waals surface area contributed by atoms with Crippen molar-refractivity contribution in [2.75, 3.05) is 26.2 Å². The molecule has 0 aliphatic carbocycles. The van der Waals surface area contributed by atoms with Gasteiger partial charge in [-0.05, 0) is 26.7 Å². The number of nitrogens with zero attached hydrogens (tertiary/aromatic N) is 3. The van der Waals surface area contributed by atoms with Crippen LogP contribution in [0.1, 0.15) is 46.5 Å². The van der Waals surface area contributed by atoms with Gasteiger partial charge in [-0.1, -0.05) is 13.3 Å². The van der Waals surface area contributed by atoms with E-state index in [-0.39, 0.29) is 43.8 Å². The molecule has 5 N–H and O–H groups in total. The Bertz CT molecular complexity index is 727. The van der Waals surface area contributed by atoms with Crippen molar-refractivity contribution in [2.24, 2.45) is 11.5 Å². The third-order valence-electron chi connectivity index (χ3n) is 6.07. The molecule has 0 bridgehead atoms. The van der Waals surface area contributed by atoms with E-state index in [1.54, 1.807) is 18.7 Å². The molecule has 5 amide bonds. The first-order valence-electron chi connectivity index (χ1n) is 10.8. The number of amides is 5. The highest BCUT2D eigenvalue weighted by atomic mass is 16.2. The molecule has 31 heavy (non-hydrogen) atoms. The Balaban J connectivity index is 2.09. The summed E-state index contributed by atoms with van der Waals surface area (Å²) in [7, 11) is 0. The van der Waals surface area contributed by atoms with Gasteiger partial charge in [0.05, 0.1) is 6.04 Å². The first kappa shape index (κ1) is 24.6.